The number of nitriles is 1. The molecule has 1 N–H and O–H groups in total. The Morgan fingerprint density at radius 3 is 2.60 bits per heavy atom. The first-order chi connectivity index (χ1) is 12.0. The number of aryl methyl sites for hydroxylation is 1. The molecule has 0 unspecified atom stereocenters. The number of benzene rings is 2. The smallest absolute Gasteiger partial charge is 0.240 e. The molecule has 0 heterocycles. The Balaban J connectivity index is 1.96. The van der Waals surface area contributed by atoms with E-state index in [4.69, 9.17) is 14.7 Å². The lowest BCUT2D eigenvalue weighted by atomic mass is 10.1. The maximum Gasteiger partial charge on any atom is 0.240 e. The molecule has 0 aromatic heterocycles. The van der Waals surface area contributed by atoms with Crippen LogP contribution in [0.15, 0.2) is 47.4 Å². The molecule has 0 radical (unpaired) electrons. The van der Waals surface area contributed by atoms with Crippen molar-refractivity contribution in [3.63, 3.8) is 0 Å². The monoisotopic (exact) mass is 360 g/mol. The summed E-state index contributed by atoms with van der Waals surface area (Å²) in [4.78, 5) is 0.0474. The number of hydrogen-bond acceptors (Lipinski definition) is 5. The average Bonchev–Trinajstić information content (AvgIpc) is 2.64. The summed E-state index contributed by atoms with van der Waals surface area (Å²) >= 11 is 0. The summed E-state index contributed by atoms with van der Waals surface area (Å²) in [5, 5.41) is 9.07. The number of methoxy groups -OCH3 is 2. The number of ether oxygens (including phenoxy) is 2. The second-order valence-electron chi connectivity index (χ2n) is 5.33. The number of sulfonamides is 1. The Kier molecular flexibility index (Phi) is 6.39. The van der Waals surface area contributed by atoms with E-state index in [1.54, 1.807) is 7.11 Å². The van der Waals surface area contributed by atoms with Gasteiger partial charge in [0.15, 0.2) is 0 Å². The zero-order chi connectivity index (χ0) is 18.3. The van der Waals surface area contributed by atoms with Crippen LogP contribution in [0.3, 0.4) is 0 Å². The minimum Gasteiger partial charge on any atom is -0.497 e. The van der Waals surface area contributed by atoms with Gasteiger partial charge in [-0.2, -0.15) is 5.26 Å². The minimum absolute atomic E-state index is 0.0474. The van der Waals surface area contributed by atoms with Gasteiger partial charge in [0.25, 0.3) is 0 Å². The third-order valence-corrected chi connectivity index (χ3v) is 5.13. The summed E-state index contributed by atoms with van der Waals surface area (Å²) in [6.45, 7) is 0.299. The fourth-order valence-electron chi connectivity index (χ4n) is 2.35. The third-order valence-electron chi connectivity index (χ3n) is 3.67. The fourth-order valence-corrected chi connectivity index (χ4v) is 3.45. The first-order valence-corrected chi connectivity index (χ1v) is 9.19. The van der Waals surface area contributed by atoms with Crippen LogP contribution in [0.4, 0.5) is 0 Å². The highest BCUT2D eigenvalue weighted by atomic mass is 32.2. The van der Waals surface area contributed by atoms with Gasteiger partial charge in [0, 0.05) is 6.54 Å². The number of nitrogens with zero attached hydrogens (tertiary/aromatic N) is 1. The summed E-state index contributed by atoms with van der Waals surface area (Å²) in [6, 6.07) is 13.8. The van der Waals surface area contributed by atoms with Crippen LogP contribution in [0.25, 0.3) is 0 Å². The molecule has 6 nitrogen and oxygen atoms in total. The number of nitrogens with one attached hydrogen (secondary N) is 1. The Morgan fingerprint density at radius 2 is 1.92 bits per heavy atom. The molecule has 0 bridgehead atoms. The molecule has 0 aliphatic heterocycles. The predicted octanol–water partition coefficient (Wildman–Crippen LogP) is 2.49. The molecule has 0 atom stereocenters. The van der Waals surface area contributed by atoms with Crippen molar-refractivity contribution in [3.8, 4) is 17.6 Å². The topological polar surface area (TPSA) is 88.4 Å². The summed E-state index contributed by atoms with van der Waals surface area (Å²) < 4.78 is 37.4. The lowest BCUT2D eigenvalue weighted by molar-refractivity contribution is 0.413. The lowest BCUT2D eigenvalue weighted by Crippen LogP contribution is -2.25. The SMILES string of the molecule is COc1cccc(CCCNS(=O)(=O)c2ccc(OC)c(C#N)c2)c1. The van der Waals surface area contributed by atoms with Crippen molar-refractivity contribution in [1.29, 1.82) is 5.26 Å². The predicted molar refractivity (Wildman–Crippen MR) is 94.2 cm³/mol. The van der Waals surface area contributed by atoms with E-state index < -0.39 is 10.0 Å². The molecule has 0 amide bonds. The van der Waals surface area contributed by atoms with E-state index in [0.29, 0.717) is 18.7 Å². The van der Waals surface area contributed by atoms with Gasteiger partial charge in [-0.1, -0.05) is 12.1 Å². The molecule has 0 spiro atoms. The van der Waals surface area contributed by atoms with Crippen LogP contribution in [0.5, 0.6) is 11.5 Å². The van der Waals surface area contributed by atoms with E-state index in [1.807, 2.05) is 30.3 Å². The van der Waals surface area contributed by atoms with Crippen LogP contribution < -0.4 is 14.2 Å². The van der Waals surface area contributed by atoms with Crippen molar-refractivity contribution >= 4 is 10.0 Å². The quantitative estimate of drug-likeness (QED) is 0.731. The van der Waals surface area contributed by atoms with Crippen molar-refractivity contribution in [1.82, 2.24) is 4.72 Å². The van der Waals surface area contributed by atoms with Crippen LogP contribution in [-0.2, 0) is 16.4 Å². The maximum atomic E-state index is 12.3. The lowest BCUT2D eigenvalue weighted by Gasteiger charge is -2.09. The van der Waals surface area contributed by atoms with Gasteiger partial charge in [-0.15, -0.1) is 0 Å². The van der Waals surface area contributed by atoms with Crippen molar-refractivity contribution in [2.75, 3.05) is 20.8 Å². The molecule has 2 rings (SSSR count). The first kappa shape index (κ1) is 18.8. The number of rotatable bonds is 8. The van der Waals surface area contributed by atoms with Gasteiger partial charge in [-0.25, -0.2) is 13.1 Å². The molecule has 132 valence electrons. The molecule has 0 saturated carbocycles. The highest BCUT2D eigenvalue weighted by Gasteiger charge is 2.16. The van der Waals surface area contributed by atoms with Gasteiger partial charge < -0.3 is 9.47 Å². The van der Waals surface area contributed by atoms with Crippen molar-refractivity contribution in [2.24, 2.45) is 0 Å². The van der Waals surface area contributed by atoms with Gasteiger partial charge in [-0.05, 0) is 48.7 Å². The van der Waals surface area contributed by atoms with Crippen LogP contribution in [0.2, 0.25) is 0 Å². The van der Waals surface area contributed by atoms with Crippen LogP contribution in [0.1, 0.15) is 17.5 Å². The van der Waals surface area contributed by atoms with E-state index in [9.17, 15) is 8.42 Å². The standard InChI is InChI=1S/C18H20N2O4S/c1-23-16-7-3-5-14(11-16)6-4-10-20-25(21,22)17-8-9-18(24-2)15(12-17)13-19/h3,5,7-9,11-12,20H,4,6,10H2,1-2H3. The number of hydrogen-bond donors (Lipinski definition) is 1. The molecule has 2 aromatic carbocycles. The Bertz CT molecular complexity index is 873. The Hall–Kier alpha value is -2.56. The zero-order valence-corrected chi connectivity index (χ0v) is 15.0. The maximum absolute atomic E-state index is 12.3. The first-order valence-electron chi connectivity index (χ1n) is 7.71. The van der Waals surface area contributed by atoms with Gasteiger partial charge in [-0.3, -0.25) is 0 Å². The van der Waals surface area contributed by atoms with Crippen molar-refractivity contribution < 1.29 is 17.9 Å². The van der Waals surface area contributed by atoms with Crippen LogP contribution >= 0.6 is 0 Å². The van der Waals surface area contributed by atoms with Gasteiger partial charge in [0.05, 0.1) is 24.7 Å². The van der Waals surface area contributed by atoms with E-state index in [-0.39, 0.29) is 10.5 Å². The molecule has 2 aromatic rings. The average molecular weight is 360 g/mol. The second-order valence-corrected chi connectivity index (χ2v) is 7.09. The Morgan fingerprint density at radius 1 is 1.12 bits per heavy atom. The molecular formula is C18H20N2O4S. The summed E-state index contributed by atoms with van der Waals surface area (Å²) in [5.41, 5.74) is 1.26. The van der Waals surface area contributed by atoms with E-state index in [2.05, 4.69) is 4.72 Å². The molecule has 0 aliphatic rings. The zero-order valence-electron chi connectivity index (χ0n) is 14.2. The van der Waals surface area contributed by atoms with Gasteiger partial charge >= 0.3 is 0 Å². The molecule has 0 aliphatic carbocycles. The third kappa shape index (κ3) is 4.95. The largest absolute Gasteiger partial charge is 0.497 e. The normalized spacial score (nSPS) is 10.9. The molecule has 7 heteroatoms. The second kappa shape index (κ2) is 8.51. The molecule has 25 heavy (non-hydrogen) atoms. The Labute approximate surface area is 148 Å². The van der Waals surface area contributed by atoms with Crippen LogP contribution in [-0.4, -0.2) is 29.2 Å². The molecular weight excluding hydrogens is 340 g/mol. The van der Waals surface area contributed by atoms with E-state index >= 15 is 0 Å². The van der Waals surface area contributed by atoms with E-state index in [1.165, 1.54) is 25.3 Å². The van der Waals surface area contributed by atoms with Crippen molar-refractivity contribution in [2.45, 2.75) is 17.7 Å². The minimum atomic E-state index is -3.67. The summed E-state index contributed by atoms with van der Waals surface area (Å²) in [6.07, 6.45) is 1.37. The molecule has 0 fully saturated rings. The summed E-state index contributed by atoms with van der Waals surface area (Å²) in [5.74, 6) is 1.12. The van der Waals surface area contributed by atoms with Crippen LogP contribution in [0, 0.1) is 11.3 Å². The van der Waals surface area contributed by atoms with Gasteiger partial charge in [0.1, 0.15) is 17.6 Å². The van der Waals surface area contributed by atoms with Gasteiger partial charge in [0.2, 0.25) is 10.0 Å². The highest BCUT2D eigenvalue weighted by Crippen LogP contribution is 2.21. The van der Waals surface area contributed by atoms with Crippen molar-refractivity contribution in [3.05, 3.63) is 53.6 Å². The summed E-state index contributed by atoms with van der Waals surface area (Å²) in [7, 11) is -0.626. The fraction of sp³-hybridized carbons (Fsp3) is 0.278. The van der Waals surface area contributed by atoms with E-state index in [0.717, 1.165) is 17.7 Å². The molecule has 0 saturated heterocycles. The highest BCUT2D eigenvalue weighted by molar-refractivity contribution is 7.89.